The smallest absolute Gasteiger partial charge is 0.323 e. The van der Waals surface area contributed by atoms with Crippen molar-refractivity contribution in [2.75, 3.05) is 29.0 Å². The molecule has 1 saturated heterocycles. The lowest BCUT2D eigenvalue weighted by Crippen LogP contribution is -2.42. The highest BCUT2D eigenvalue weighted by Crippen LogP contribution is 2.20. The molecule has 8 nitrogen and oxygen atoms in total. The number of hydrogen-bond acceptors (Lipinski definition) is 3. The quantitative estimate of drug-likeness (QED) is 0.647. The number of hydrogen-bond donors (Lipinski definition) is 4. The number of likely N-dealkylation sites (tertiary alicyclic amines) is 1. The molecule has 1 fully saturated rings. The summed E-state index contributed by atoms with van der Waals surface area (Å²) in [4.78, 5) is 37.1. The van der Waals surface area contributed by atoms with Crippen LogP contribution in [0.5, 0.6) is 0 Å². The minimum Gasteiger partial charge on any atom is -0.481 e. The standard InChI is InChI=1S/C20H22N4O4/c25-18(26)14-9-11-24(12-10-14)20(28)23-17-8-4-7-16(13-17)22-19(27)21-15-5-2-1-3-6-15/h1-8,13-14H,9-12H2,(H,23,28)(H,25,26)(H2,21,22,27). The molecule has 2 aromatic carbocycles. The van der Waals surface area contributed by atoms with Crippen molar-refractivity contribution in [3.05, 3.63) is 54.6 Å². The Morgan fingerprint density at radius 3 is 2.04 bits per heavy atom. The van der Waals surface area contributed by atoms with Crippen molar-refractivity contribution in [1.29, 1.82) is 0 Å². The minimum absolute atomic E-state index is 0.283. The third-order valence-electron chi connectivity index (χ3n) is 4.53. The van der Waals surface area contributed by atoms with Gasteiger partial charge in [0.05, 0.1) is 5.92 Å². The summed E-state index contributed by atoms with van der Waals surface area (Å²) >= 11 is 0. The second-order valence-electron chi connectivity index (χ2n) is 6.56. The van der Waals surface area contributed by atoms with E-state index in [2.05, 4.69) is 16.0 Å². The predicted molar refractivity (Wildman–Crippen MR) is 106 cm³/mol. The Balaban J connectivity index is 1.54. The molecule has 0 aromatic heterocycles. The lowest BCUT2D eigenvalue weighted by molar-refractivity contribution is -0.143. The number of piperidine rings is 1. The Morgan fingerprint density at radius 2 is 1.39 bits per heavy atom. The fraction of sp³-hybridized carbons (Fsp3) is 0.250. The van der Waals surface area contributed by atoms with Crippen LogP contribution in [0.25, 0.3) is 0 Å². The van der Waals surface area contributed by atoms with Crippen LogP contribution in [0.3, 0.4) is 0 Å². The van der Waals surface area contributed by atoms with Crippen LogP contribution in [0.1, 0.15) is 12.8 Å². The van der Waals surface area contributed by atoms with E-state index >= 15 is 0 Å². The molecule has 0 spiro atoms. The van der Waals surface area contributed by atoms with Crippen molar-refractivity contribution in [3.8, 4) is 0 Å². The zero-order chi connectivity index (χ0) is 19.9. The lowest BCUT2D eigenvalue weighted by atomic mass is 9.97. The van der Waals surface area contributed by atoms with E-state index in [-0.39, 0.29) is 18.0 Å². The predicted octanol–water partition coefficient (Wildman–Crippen LogP) is 3.66. The number of carbonyl (C=O) groups is 3. The van der Waals surface area contributed by atoms with Gasteiger partial charge in [0.25, 0.3) is 0 Å². The number of urea groups is 2. The number of amides is 4. The van der Waals surface area contributed by atoms with Gasteiger partial charge in [0.15, 0.2) is 0 Å². The van der Waals surface area contributed by atoms with Crippen LogP contribution in [0, 0.1) is 5.92 Å². The molecule has 28 heavy (non-hydrogen) atoms. The topological polar surface area (TPSA) is 111 Å². The molecule has 2 aromatic rings. The van der Waals surface area contributed by atoms with Gasteiger partial charge < -0.3 is 26.0 Å². The van der Waals surface area contributed by atoms with Crippen molar-refractivity contribution in [2.45, 2.75) is 12.8 Å². The molecule has 4 N–H and O–H groups in total. The largest absolute Gasteiger partial charge is 0.481 e. The maximum atomic E-state index is 12.4. The van der Waals surface area contributed by atoms with E-state index in [0.29, 0.717) is 43.0 Å². The molecule has 3 rings (SSSR count). The summed E-state index contributed by atoms with van der Waals surface area (Å²) in [6, 6.07) is 15.2. The van der Waals surface area contributed by atoms with Crippen LogP contribution in [0.2, 0.25) is 0 Å². The third-order valence-corrected chi connectivity index (χ3v) is 4.53. The van der Waals surface area contributed by atoms with E-state index in [1.54, 1.807) is 41.3 Å². The molecule has 0 bridgehead atoms. The second-order valence-corrected chi connectivity index (χ2v) is 6.56. The van der Waals surface area contributed by atoms with Crippen molar-refractivity contribution in [1.82, 2.24) is 4.90 Å². The average Bonchev–Trinajstić information content (AvgIpc) is 2.69. The summed E-state index contributed by atoms with van der Waals surface area (Å²) in [6.07, 6.45) is 0.897. The number of carbonyl (C=O) groups excluding carboxylic acids is 2. The molecule has 0 saturated carbocycles. The average molecular weight is 382 g/mol. The van der Waals surface area contributed by atoms with Gasteiger partial charge in [0, 0.05) is 30.2 Å². The van der Waals surface area contributed by atoms with Crippen LogP contribution in [-0.2, 0) is 4.79 Å². The Labute approximate surface area is 162 Å². The molecule has 1 aliphatic rings. The van der Waals surface area contributed by atoms with Crippen LogP contribution in [-0.4, -0.2) is 41.1 Å². The molecular weight excluding hydrogens is 360 g/mol. The highest BCUT2D eigenvalue weighted by atomic mass is 16.4. The van der Waals surface area contributed by atoms with Crippen molar-refractivity contribution >= 4 is 35.1 Å². The molecule has 1 heterocycles. The summed E-state index contributed by atoms with van der Waals surface area (Å²) in [6.45, 7) is 0.806. The van der Waals surface area contributed by atoms with E-state index in [1.807, 2.05) is 18.2 Å². The number of nitrogens with zero attached hydrogens (tertiary/aromatic N) is 1. The molecule has 0 radical (unpaired) electrons. The zero-order valence-corrected chi connectivity index (χ0v) is 15.2. The summed E-state index contributed by atoms with van der Waals surface area (Å²) in [5, 5.41) is 17.3. The first-order valence-corrected chi connectivity index (χ1v) is 9.03. The van der Waals surface area contributed by atoms with E-state index in [9.17, 15) is 14.4 Å². The minimum atomic E-state index is -0.812. The Hall–Kier alpha value is -3.55. The normalized spacial score (nSPS) is 14.2. The van der Waals surface area contributed by atoms with Gasteiger partial charge in [-0.05, 0) is 43.2 Å². The highest BCUT2D eigenvalue weighted by Gasteiger charge is 2.26. The third kappa shape index (κ3) is 5.23. The van der Waals surface area contributed by atoms with Gasteiger partial charge in [-0.2, -0.15) is 0 Å². The Morgan fingerprint density at radius 1 is 0.821 bits per heavy atom. The van der Waals surface area contributed by atoms with Crippen LogP contribution in [0.15, 0.2) is 54.6 Å². The summed E-state index contributed by atoms with van der Waals surface area (Å²) in [5.74, 6) is -1.20. The van der Waals surface area contributed by atoms with Gasteiger partial charge >= 0.3 is 18.0 Å². The van der Waals surface area contributed by atoms with Crippen LogP contribution in [0.4, 0.5) is 26.7 Å². The monoisotopic (exact) mass is 382 g/mol. The van der Waals surface area contributed by atoms with Gasteiger partial charge in [-0.15, -0.1) is 0 Å². The SMILES string of the molecule is O=C(Nc1ccccc1)Nc1cccc(NC(=O)N2CCC(C(=O)O)CC2)c1. The second kappa shape index (κ2) is 8.90. The number of anilines is 3. The first-order valence-electron chi connectivity index (χ1n) is 9.03. The summed E-state index contributed by atoms with van der Waals surface area (Å²) < 4.78 is 0. The van der Waals surface area contributed by atoms with Gasteiger partial charge in [0.2, 0.25) is 0 Å². The number of benzene rings is 2. The molecule has 0 unspecified atom stereocenters. The highest BCUT2D eigenvalue weighted by molar-refractivity contribution is 6.00. The number of nitrogens with one attached hydrogen (secondary N) is 3. The maximum Gasteiger partial charge on any atom is 0.323 e. The van der Waals surface area contributed by atoms with Gasteiger partial charge in [-0.25, -0.2) is 9.59 Å². The van der Waals surface area contributed by atoms with Gasteiger partial charge in [0.1, 0.15) is 0 Å². The van der Waals surface area contributed by atoms with Crippen molar-refractivity contribution in [3.63, 3.8) is 0 Å². The van der Waals surface area contributed by atoms with Gasteiger partial charge in [-0.1, -0.05) is 24.3 Å². The fourth-order valence-electron chi connectivity index (χ4n) is 3.02. The fourth-order valence-corrected chi connectivity index (χ4v) is 3.02. The molecular formula is C20H22N4O4. The summed E-state index contributed by atoms with van der Waals surface area (Å²) in [7, 11) is 0. The zero-order valence-electron chi connectivity index (χ0n) is 15.2. The van der Waals surface area contributed by atoms with E-state index in [0.717, 1.165) is 0 Å². The molecule has 4 amide bonds. The number of carboxylic acids is 1. The Bertz CT molecular complexity index is 848. The summed E-state index contributed by atoms with van der Waals surface area (Å²) in [5.41, 5.74) is 1.76. The lowest BCUT2D eigenvalue weighted by Gasteiger charge is -2.30. The van der Waals surface area contributed by atoms with Crippen LogP contribution < -0.4 is 16.0 Å². The van der Waals surface area contributed by atoms with E-state index < -0.39 is 5.97 Å². The van der Waals surface area contributed by atoms with Gasteiger partial charge in [-0.3, -0.25) is 4.79 Å². The number of rotatable bonds is 4. The number of aliphatic carboxylic acids is 1. The Kier molecular flexibility index (Phi) is 6.11. The first kappa shape index (κ1) is 19.2. The number of carboxylic acid groups (broad SMARTS) is 1. The van der Waals surface area contributed by atoms with Crippen molar-refractivity contribution < 1.29 is 19.5 Å². The molecule has 0 aliphatic carbocycles. The molecule has 8 heteroatoms. The molecule has 0 atom stereocenters. The van der Waals surface area contributed by atoms with E-state index in [4.69, 9.17) is 5.11 Å². The van der Waals surface area contributed by atoms with Crippen molar-refractivity contribution in [2.24, 2.45) is 5.92 Å². The molecule has 1 aliphatic heterocycles. The maximum absolute atomic E-state index is 12.4. The number of para-hydroxylation sites is 1. The first-order chi connectivity index (χ1) is 13.5. The molecule has 146 valence electrons. The van der Waals surface area contributed by atoms with E-state index in [1.165, 1.54) is 0 Å². The van der Waals surface area contributed by atoms with Crippen LogP contribution >= 0.6 is 0 Å².